The number of benzene rings is 2. The topological polar surface area (TPSA) is 63.2 Å². The van der Waals surface area contributed by atoms with E-state index in [9.17, 15) is 14.4 Å². The molecular weight excluding hydrogens is 398 g/mol. The van der Waals surface area contributed by atoms with Gasteiger partial charge in [0.1, 0.15) is 0 Å². The molecule has 0 heterocycles. The third-order valence-corrected chi connectivity index (χ3v) is 6.82. The number of anilines is 1. The summed E-state index contributed by atoms with van der Waals surface area (Å²) >= 11 is 0. The fourth-order valence-corrected chi connectivity index (χ4v) is 4.73. The first-order valence-electron chi connectivity index (χ1n) is 11.2. The lowest BCUT2D eigenvalue weighted by molar-refractivity contribution is 0.0794. The molecule has 0 bridgehead atoms. The number of hydrogen-bond donors (Lipinski definition) is 1. The van der Waals surface area contributed by atoms with Crippen molar-refractivity contribution < 1.29 is 14.4 Å². The second kappa shape index (κ2) is 9.07. The van der Waals surface area contributed by atoms with Gasteiger partial charge in [-0.2, -0.15) is 0 Å². The molecule has 0 fully saturated rings. The molecule has 0 saturated heterocycles. The number of carbonyl (C=O) groups is 3. The van der Waals surface area contributed by atoms with Crippen molar-refractivity contribution in [2.24, 2.45) is 17.8 Å². The number of nitrogens with one attached hydrogen (secondary N) is 1. The maximum absolute atomic E-state index is 13.2. The van der Waals surface area contributed by atoms with E-state index in [1.165, 1.54) is 12.5 Å². The Morgan fingerprint density at radius 1 is 1.09 bits per heavy atom. The van der Waals surface area contributed by atoms with Gasteiger partial charge in [0, 0.05) is 41.8 Å². The van der Waals surface area contributed by atoms with Gasteiger partial charge in [-0.3, -0.25) is 14.4 Å². The zero-order chi connectivity index (χ0) is 22.8. The molecule has 0 saturated carbocycles. The summed E-state index contributed by atoms with van der Waals surface area (Å²) in [5.74, 6) is -0.112. The fourth-order valence-electron chi connectivity index (χ4n) is 4.73. The van der Waals surface area contributed by atoms with Crippen molar-refractivity contribution in [3.8, 4) is 0 Å². The first-order valence-corrected chi connectivity index (χ1v) is 11.2. The smallest absolute Gasteiger partial charge is 0.167 e. The summed E-state index contributed by atoms with van der Waals surface area (Å²) in [6.45, 7) is 3.51. The Morgan fingerprint density at radius 3 is 2.47 bits per heavy atom. The summed E-state index contributed by atoms with van der Waals surface area (Å²) in [5.41, 5.74) is 4.85. The molecule has 0 radical (unpaired) electrons. The van der Waals surface area contributed by atoms with E-state index < -0.39 is 0 Å². The van der Waals surface area contributed by atoms with E-state index in [1.807, 2.05) is 14.0 Å². The number of fused-ring (bicyclic) bond motifs is 1. The summed E-state index contributed by atoms with van der Waals surface area (Å²) in [6.07, 6.45) is 8.69. The van der Waals surface area contributed by atoms with Gasteiger partial charge in [0.05, 0.1) is 0 Å². The molecule has 2 aliphatic rings. The van der Waals surface area contributed by atoms with E-state index >= 15 is 0 Å². The van der Waals surface area contributed by atoms with Crippen molar-refractivity contribution in [3.05, 3.63) is 88.5 Å². The molecule has 3 atom stereocenters. The van der Waals surface area contributed by atoms with Gasteiger partial charge in [0.2, 0.25) is 0 Å². The Balaban J connectivity index is 1.45. The van der Waals surface area contributed by atoms with E-state index in [0.717, 1.165) is 24.1 Å². The van der Waals surface area contributed by atoms with Crippen LogP contribution in [0, 0.1) is 17.8 Å². The van der Waals surface area contributed by atoms with E-state index in [4.69, 9.17) is 0 Å². The minimum absolute atomic E-state index is 0.00301. The average Bonchev–Trinajstić information content (AvgIpc) is 2.81. The molecular formula is C28H29NO3. The zero-order valence-corrected chi connectivity index (χ0v) is 18.9. The summed E-state index contributed by atoms with van der Waals surface area (Å²) in [6, 6.07) is 13.4. The highest BCUT2D eigenvalue weighted by molar-refractivity contribution is 6.16. The predicted molar refractivity (Wildman–Crippen MR) is 127 cm³/mol. The van der Waals surface area contributed by atoms with Crippen LogP contribution in [0.2, 0.25) is 0 Å². The van der Waals surface area contributed by atoms with Crippen molar-refractivity contribution in [1.82, 2.24) is 0 Å². The first-order chi connectivity index (χ1) is 15.4. The van der Waals surface area contributed by atoms with Crippen molar-refractivity contribution in [2.45, 2.75) is 33.1 Å². The highest BCUT2D eigenvalue weighted by Crippen LogP contribution is 2.36. The van der Waals surface area contributed by atoms with Crippen LogP contribution in [0.4, 0.5) is 5.69 Å². The molecule has 2 aromatic rings. The summed E-state index contributed by atoms with van der Waals surface area (Å²) in [4.78, 5) is 37.6. The van der Waals surface area contributed by atoms with Crippen LogP contribution >= 0.6 is 0 Å². The van der Waals surface area contributed by atoms with Gasteiger partial charge in [0.15, 0.2) is 17.3 Å². The SMILES string of the molecule is CNc1ccc(CC2C=CC([C@@H](C)[C@H]3CC(=O)c4cc(C(C)=O)ccc4C3=O)=CC2)cc1. The normalized spacial score (nSPS) is 21.0. The summed E-state index contributed by atoms with van der Waals surface area (Å²) in [5, 5.41) is 3.14. The van der Waals surface area contributed by atoms with Crippen molar-refractivity contribution >= 4 is 23.0 Å². The standard InChI is InChI=1S/C28H29NO3/c1-17(21-8-4-19(5-9-21)14-20-6-11-23(29-3)12-7-20)25-16-27(31)26-15-22(18(2)30)10-13-24(26)28(25)32/h4,6-13,15,17,19,25,29H,5,14,16H2,1-3H3/t17-,19?,25-/m1/s1. The first kappa shape index (κ1) is 21.9. The van der Waals surface area contributed by atoms with Crippen LogP contribution in [-0.2, 0) is 6.42 Å². The molecule has 1 N–H and O–H groups in total. The highest BCUT2D eigenvalue weighted by atomic mass is 16.1. The lowest BCUT2D eigenvalue weighted by atomic mass is 9.72. The Morgan fingerprint density at radius 2 is 1.84 bits per heavy atom. The number of rotatable bonds is 6. The van der Waals surface area contributed by atoms with Gasteiger partial charge in [-0.25, -0.2) is 0 Å². The van der Waals surface area contributed by atoms with Gasteiger partial charge in [-0.15, -0.1) is 0 Å². The third kappa shape index (κ3) is 4.36. The molecule has 0 amide bonds. The Hall–Kier alpha value is -3.27. The largest absolute Gasteiger partial charge is 0.388 e. The van der Waals surface area contributed by atoms with Gasteiger partial charge in [-0.1, -0.05) is 43.4 Å². The van der Waals surface area contributed by atoms with Crippen LogP contribution in [0.25, 0.3) is 0 Å². The number of ketones is 3. The van der Waals surface area contributed by atoms with Crippen LogP contribution in [0.5, 0.6) is 0 Å². The van der Waals surface area contributed by atoms with Crippen molar-refractivity contribution in [2.75, 3.05) is 12.4 Å². The fraction of sp³-hybridized carbons (Fsp3) is 0.321. The number of hydrogen-bond acceptors (Lipinski definition) is 4. The molecule has 0 aromatic heterocycles. The molecule has 4 nitrogen and oxygen atoms in total. The Bertz CT molecular complexity index is 1120. The monoisotopic (exact) mass is 427 g/mol. The molecule has 32 heavy (non-hydrogen) atoms. The minimum Gasteiger partial charge on any atom is -0.388 e. The molecule has 4 rings (SSSR count). The van der Waals surface area contributed by atoms with E-state index in [2.05, 4.69) is 47.8 Å². The van der Waals surface area contributed by atoms with Crippen molar-refractivity contribution in [3.63, 3.8) is 0 Å². The highest BCUT2D eigenvalue weighted by Gasteiger charge is 2.37. The molecule has 1 unspecified atom stereocenters. The van der Waals surface area contributed by atoms with E-state index in [-0.39, 0.29) is 35.6 Å². The zero-order valence-electron chi connectivity index (χ0n) is 18.9. The van der Waals surface area contributed by atoms with Gasteiger partial charge in [-0.05, 0) is 67.0 Å². The maximum Gasteiger partial charge on any atom is 0.167 e. The quantitative estimate of drug-likeness (QED) is 0.601. The number of allylic oxidation sites excluding steroid dienone is 4. The second-order valence-corrected chi connectivity index (χ2v) is 8.91. The lowest BCUT2D eigenvalue weighted by Gasteiger charge is -2.29. The Labute approximate surface area is 189 Å². The maximum atomic E-state index is 13.2. The van der Waals surface area contributed by atoms with Gasteiger partial charge < -0.3 is 5.32 Å². The van der Waals surface area contributed by atoms with Gasteiger partial charge in [0.25, 0.3) is 0 Å². The van der Waals surface area contributed by atoms with Crippen LogP contribution < -0.4 is 5.32 Å². The van der Waals surface area contributed by atoms with Crippen LogP contribution in [-0.4, -0.2) is 24.4 Å². The number of Topliss-reactive ketones (excluding diaryl/α,β-unsaturated/α-hetero) is 3. The summed E-state index contributed by atoms with van der Waals surface area (Å²) < 4.78 is 0. The van der Waals surface area contributed by atoms with Crippen LogP contribution in [0.3, 0.4) is 0 Å². The van der Waals surface area contributed by atoms with Crippen LogP contribution in [0.1, 0.15) is 63.3 Å². The minimum atomic E-state index is -0.361. The van der Waals surface area contributed by atoms with Gasteiger partial charge >= 0.3 is 0 Å². The number of carbonyl (C=O) groups excluding carboxylic acids is 3. The molecule has 4 heteroatoms. The van der Waals surface area contributed by atoms with Crippen LogP contribution in [0.15, 0.2) is 66.3 Å². The van der Waals surface area contributed by atoms with E-state index in [1.54, 1.807) is 18.2 Å². The molecule has 2 aliphatic carbocycles. The lowest BCUT2D eigenvalue weighted by Crippen LogP contribution is -2.32. The third-order valence-electron chi connectivity index (χ3n) is 6.82. The second-order valence-electron chi connectivity index (χ2n) is 8.91. The van der Waals surface area contributed by atoms with Crippen molar-refractivity contribution in [1.29, 1.82) is 0 Å². The average molecular weight is 428 g/mol. The van der Waals surface area contributed by atoms with E-state index in [0.29, 0.717) is 22.6 Å². The predicted octanol–water partition coefficient (Wildman–Crippen LogP) is 5.70. The molecule has 0 spiro atoms. The summed E-state index contributed by atoms with van der Waals surface area (Å²) in [7, 11) is 1.92. The molecule has 0 aliphatic heterocycles. The Kier molecular flexibility index (Phi) is 6.22. The molecule has 164 valence electrons. The molecule has 2 aromatic carbocycles.